The highest BCUT2D eigenvalue weighted by molar-refractivity contribution is 6.01. The summed E-state index contributed by atoms with van der Waals surface area (Å²) >= 11 is 0. The van der Waals surface area contributed by atoms with Gasteiger partial charge in [-0.1, -0.05) is 6.42 Å². The molecule has 1 saturated heterocycles. The lowest BCUT2D eigenvalue weighted by molar-refractivity contribution is 0.0858. The van der Waals surface area contributed by atoms with Gasteiger partial charge >= 0.3 is 5.69 Å². The smallest absolute Gasteiger partial charge is 0.332 e. The first-order valence-corrected chi connectivity index (χ1v) is 7.17. The Hall–Kier alpha value is -1.89. The van der Waals surface area contributed by atoms with E-state index in [4.69, 9.17) is 5.73 Å². The molecule has 0 aliphatic carbocycles. The maximum Gasteiger partial charge on any atom is 0.332 e. The maximum atomic E-state index is 12.5. The van der Waals surface area contributed by atoms with E-state index in [0.29, 0.717) is 6.04 Å². The first-order chi connectivity index (χ1) is 9.84. The van der Waals surface area contributed by atoms with Crippen molar-refractivity contribution in [2.24, 2.45) is 14.1 Å². The minimum atomic E-state index is -0.620. The lowest BCUT2D eigenvalue weighted by Gasteiger charge is -2.32. The van der Waals surface area contributed by atoms with Gasteiger partial charge in [-0.25, -0.2) is 4.79 Å². The van der Waals surface area contributed by atoms with E-state index in [-0.39, 0.29) is 23.7 Å². The summed E-state index contributed by atoms with van der Waals surface area (Å²) in [5.74, 6) is -0.379. The molecule has 116 valence electrons. The molecule has 2 rings (SSSR count). The highest BCUT2D eigenvalue weighted by Crippen LogP contribution is 2.17. The average Bonchev–Trinajstić information content (AvgIpc) is 2.46. The minimum absolute atomic E-state index is 0.0576. The molecule has 0 aromatic carbocycles. The number of nitrogens with zero attached hydrogens (tertiary/aromatic N) is 3. The Bertz CT molecular complexity index is 674. The van der Waals surface area contributed by atoms with Crippen LogP contribution in [0.2, 0.25) is 0 Å². The van der Waals surface area contributed by atoms with Crippen LogP contribution in [0, 0.1) is 0 Å². The number of anilines is 1. The van der Waals surface area contributed by atoms with Crippen molar-refractivity contribution in [2.75, 3.05) is 18.8 Å². The van der Waals surface area contributed by atoms with Gasteiger partial charge in [-0.05, 0) is 26.3 Å². The van der Waals surface area contributed by atoms with Crippen molar-refractivity contribution in [3.63, 3.8) is 0 Å². The summed E-state index contributed by atoms with van der Waals surface area (Å²) in [6.07, 6.45) is 3.27. The van der Waals surface area contributed by atoms with Crippen molar-refractivity contribution in [3.05, 3.63) is 26.4 Å². The summed E-state index contributed by atoms with van der Waals surface area (Å²) in [6, 6.07) is 0.320. The van der Waals surface area contributed by atoms with Gasteiger partial charge in [0.05, 0.1) is 6.54 Å². The molecule has 2 heterocycles. The number of likely N-dealkylation sites (tertiary alicyclic amines) is 1. The predicted octanol–water partition coefficient (Wildman–Crippen LogP) is -0.277. The number of hydrogen-bond donors (Lipinski definition) is 1. The normalized spacial score (nSPS) is 19.7. The highest BCUT2D eigenvalue weighted by atomic mass is 16.2. The Morgan fingerprint density at radius 1 is 1.24 bits per heavy atom. The fourth-order valence-electron chi connectivity index (χ4n) is 2.78. The molecule has 1 aliphatic rings. The number of rotatable bonds is 3. The van der Waals surface area contributed by atoms with Gasteiger partial charge in [-0.15, -0.1) is 0 Å². The van der Waals surface area contributed by atoms with Crippen LogP contribution in [-0.4, -0.2) is 38.9 Å². The zero-order valence-electron chi connectivity index (χ0n) is 12.8. The number of hydrogen-bond acceptors (Lipinski definition) is 5. The molecular weight excluding hydrogens is 272 g/mol. The van der Waals surface area contributed by atoms with Gasteiger partial charge in [0.15, 0.2) is 5.78 Å². The van der Waals surface area contributed by atoms with Gasteiger partial charge < -0.3 is 5.73 Å². The van der Waals surface area contributed by atoms with E-state index in [0.717, 1.165) is 34.9 Å². The molecule has 0 amide bonds. The number of aromatic nitrogens is 2. The monoisotopic (exact) mass is 294 g/mol. The van der Waals surface area contributed by atoms with Crippen molar-refractivity contribution in [1.82, 2.24) is 14.0 Å². The van der Waals surface area contributed by atoms with Crippen LogP contribution in [-0.2, 0) is 14.1 Å². The van der Waals surface area contributed by atoms with Crippen LogP contribution in [0.1, 0.15) is 36.5 Å². The molecular formula is C14H22N4O3. The number of piperidine rings is 1. The summed E-state index contributed by atoms with van der Waals surface area (Å²) in [6.45, 7) is 3.09. The van der Waals surface area contributed by atoms with Gasteiger partial charge in [0, 0.05) is 20.1 Å². The summed E-state index contributed by atoms with van der Waals surface area (Å²) in [7, 11) is 2.81. The van der Waals surface area contributed by atoms with Crippen LogP contribution in [0.15, 0.2) is 9.59 Å². The molecule has 1 atom stereocenters. The summed E-state index contributed by atoms with van der Waals surface area (Å²) < 4.78 is 2.05. The summed E-state index contributed by atoms with van der Waals surface area (Å²) in [4.78, 5) is 38.4. The molecule has 0 spiro atoms. The van der Waals surface area contributed by atoms with E-state index in [1.54, 1.807) is 0 Å². The fraction of sp³-hybridized carbons (Fsp3) is 0.643. The Labute approximate surface area is 123 Å². The third-order valence-electron chi connectivity index (χ3n) is 4.28. The van der Waals surface area contributed by atoms with Crippen molar-refractivity contribution in [1.29, 1.82) is 0 Å². The molecule has 1 aromatic rings. The van der Waals surface area contributed by atoms with E-state index in [1.165, 1.54) is 14.1 Å². The molecule has 7 nitrogen and oxygen atoms in total. The zero-order chi connectivity index (χ0) is 15.7. The number of nitrogen functional groups attached to an aromatic ring is 1. The Kier molecular flexibility index (Phi) is 4.32. The van der Waals surface area contributed by atoms with Crippen molar-refractivity contribution < 1.29 is 4.79 Å². The molecule has 1 fully saturated rings. The highest BCUT2D eigenvalue weighted by Gasteiger charge is 2.25. The Morgan fingerprint density at radius 3 is 2.52 bits per heavy atom. The Morgan fingerprint density at radius 2 is 1.90 bits per heavy atom. The van der Waals surface area contributed by atoms with Gasteiger partial charge in [0.2, 0.25) is 0 Å². The Balaban J connectivity index is 2.36. The second-order valence-electron chi connectivity index (χ2n) is 5.70. The topological polar surface area (TPSA) is 90.3 Å². The number of carbonyl (C=O) groups excluding carboxylic acids is 1. The van der Waals surface area contributed by atoms with Gasteiger partial charge in [-0.3, -0.25) is 23.6 Å². The second-order valence-corrected chi connectivity index (χ2v) is 5.70. The average molecular weight is 294 g/mol. The van der Waals surface area contributed by atoms with Crippen molar-refractivity contribution in [2.45, 2.75) is 32.2 Å². The summed E-state index contributed by atoms with van der Waals surface area (Å²) in [5.41, 5.74) is 4.57. The number of Topliss-reactive ketones (excluding diaryl/α,β-unsaturated/α-hetero) is 1. The fourth-order valence-corrected chi connectivity index (χ4v) is 2.78. The molecule has 1 aromatic heterocycles. The number of nitrogens with two attached hydrogens (primary N) is 1. The lowest BCUT2D eigenvalue weighted by atomic mass is 10.0. The quantitative estimate of drug-likeness (QED) is 0.775. The molecule has 7 heteroatoms. The predicted molar refractivity (Wildman–Crippen MR) is 80.6 cm³/mol. The second kappa shape index (κ2) is 5.85. The van der Waals surface area contributed by atoms with Crippen LogP contribution in [0.4, 0.5) is 5.82 Å². The van der Waals surface area contributed by atoms with E-state index in [1.807, 2.05) is 0 Å². The van der Waals surface area contributed by atoms with Crippen LogP contribution in [0.25, 0.3) is 0 Å². The van der Waals surface area contributed by atoms with E-state index in [2.05, 4.69) is 11.8 Å². The van der Waals surface area contributed by atoms with Crippen LogP contribution in [0.5, 0.6) is 0 Å². The molecule has 0 saturated carbocycles. The SMILES string of the molecule is CC1CCCCN1CC(=O)c1c(N)n(C)c(=O)n(C)c1=O. The summed E-state index contributed by atoms with van der Waals surface area (Å²) in [5, 5.41) is 0. The minimum Gasteiger partial charge on any atom is -0.384 e. The van der Waals surface area contributed by atoms with Crippen LogP contribution >= 0.6 is 0 Å². The van der Waals surface area contributed by atoms with Crippen LogP contribution in [0.3, 0.4) is 0 Å². The van der Waals surface area contributed by atoms with Gasteiger partial charge in [0.1, 0.15) is 11.4 Å². The van der Waals surface area contributed by atoms with Crippen LogP contribution < -0.4 is 17.0 Å². The van der Waals surface area contributed by atoms with E-state index in [9.17, 15) is 14.4 Å². The van der Waals surface area contributed by atoms with Crippen molar-refractivity contribution >= 4 is 11.6 Å². The molecule has 1 aliphatic heterocycles. The zero-order valence-corrected chi connectivity index (χ0v) is 12.8. The third kappa shape index (κ3) is 2.78. The standard InChI is InChI=1S/C14H22N4O3/c1-9-6-4-5-7-18(9)8-10(19)11-12(15)16(2)14(21)17(3)13(11)20/h9H,4-8,15H2,1-3H3. The molecule has 0 bridgehead atoms. The lowest BCUT2D eigenvalue weighted by Crippen LogP contribution is -2.45. The molecule has 21 heavy (non-hydrogen) atoms. The maximum absolute atomic E-state index is 12.5. The third-order valence-corrected chi connectivity index (χ3v) is 4.28. The van der Waals surface area contributed by atoms with E-state index < -0.39 is 11.2 Å². The largest absolute Gasteiger partial charge is 0.384 e. The first-order valence-electron chi connectivity index (χ1n) is 7.17. The van der Waals surface area contributed by atoms with E-state index >= 15 is 0 Å². The number of carbonyl (C=O) groups is 1. The molecule has 2 N–H and O–H groups in total. The number of ketones is 1. The van der Waals surface area contributed by atoms with Crippen molar-refractivity contribution in [3.8, 4) is 0 Å². The van der Waals surface area contributed by atoms with Gasteiger partial charge in [-0.2, -0.15) is 0 Å². The molecule has 1 unspecified atom stereocenters. The molecule has 0 radical (unpaired) electrons. The first kappa shape index (κ1) is 15.5. The van der Waals surface area contributed by atoms with Gasteiger partial charge in [0.25, 0.3) is 5.56 Å².